The van der Waals surface area contributed by atoms with Crippen LogP contribution in [0, 0.1) is 5.92 Å². The first-order valence-electron chi connectivity index (χ1n) is 15.5. The second kappa shape index (κ2) is 14.0. The normalized spacial score (nSPS) is 17.1. The summed E-state index contributed by atoms with van der Waals surface area (Å²) in [5.41, 5.74) is 0.410. The van der Waals surface area contributed by atoms with Crippen molar-refractivity contribution >= 4 is 46.5 Å². The van der Waals surface area contributed by atoms with Crippen molar-refractivity contribution in [2.45, 2.75) is 38.3 Å². The highest BCUT2D eigenvalue weighted by Gasteiger charge is 2.46. The summed E-state index contributed by atoms with van der Waals surface area (Å²) < 4.78 is 86.9. The number of urea groups is 1. The molecule has 3 amide bonds. The Kier molecular flexibility index (Phi) is 10.2. The van der Waals surface area contributed by atoms with Crippen LogP contribution in [0.3, 0.4) is 0 Å². The summed E-state index contributed by atoms with van der Waals surface area (Å²) in [6, 6.07) is 3.42. The Balaban J connectivity index is 1.54. The lowest BCUT2D eigenvalue weighted by Gasteiger charge is -2.39. The maximum atomic E-state index is 13.8. The molecule has 0 bridgehead atoms. The van der Waals surface area contributed by atoms with Crippen LogP contribution in [-0.4, -0.2) is 84.8 Å². The largest absolute Gasteiger partial charge is 0.494 e. The van der Waals surface area contributed by atoms with E-state index in [4.69, 9.17) is 4.74 Å². The van der Waals surface area contributed by atoms with Gasteiger partial charge in [-0.2, -0.15) is 31.3 Å². The second-order valence-electron chi connectivity index (χ2n) is 12.3. The van der Waals surface area contributed by atoms with Crippen LogP contribution in [0.4, 0.5) is 65.7 Å². The molecule has 50 heavy (non-hydrogen) atoms. The number of rotatable bonds is 10. The van der Waals surface area contributed by atoms with Gasteiger partial charge in [-0.1, -0.05) is 6.58 Å². The lowest BCUT2D eigenvalue weighted by Crippen LogP contribution is -2.53. The molecule has 11 nitrogen and oxygen atoms in total. The van der Waals surface area contributed by atoms with E-state index >= 15 is 0 Å². The fourth-order valence-electron chi connectivity index (χ4n) is 5.96. The molecule has 1 aromatic heterocycles. The zero-order valence-corrected chi connectivity index (χ0v) is 27.7. The maximum Gasteiger partial charge on any atom is 0.416 e. The number of amides is 3. The number of alkyl halides is 6. The highest BCUT2D eigenvalue weighted by atomic mass is 19.4. The van der Waals surface area contributed by atoms with Gasteiger partial charge in [-0.3, -0.25) is 4.79 Å². The number of carbonyl (C=O) groups excluding carboxylic acids is 2. The molecule has 1 saturated heterocycles. The van der Waals surface area contributed by atoms with Crippen molar-refractivity contribution in [2.75, 3.05) is 61.3 Å². The number of aromatic nitrogens is 2. The zero-order valence-electron chi connectivity index (χ0n) is 27.7. The lowest BCUT2D eigenvalue weighted by molar-refractivity contribution is -0.172. The molecule has 2 aromatic carbocycles. The molecule has 1 fully saturated rings. The van der Waals surface area contributed by atoms with E-state index in [0.29, 0.717) is 33.6 Å². The van der Waals surface area contributed by atoms with E-state index in [-0.39, 0.29) is 23.0 Å². The van der Waals surface area contributed by atoms with Gasteiger partial charge in [0.1, 0.15) is 11.8 Å². The fourth-order valence-corrected chi connectivity index (χ4v) is 5.96. The van der Waals surface area contributed by atoms with E-state index in [9.17, 15) is 35.9 Å². The number of benzene rings is 2. The summed E-state index contributed by atoms with van der Waals surface area (Å²) >= 11 is 0. The van der Waals surface area contributed by atoms with E-state index in [2.05, 4.69) is 37.0 Å². The number of nitrogens with zero attached hydrogens (tertiary/aromatic N) is 6. The van der Waals surface area contributed by atoms with Crippen molar-refractivity contribution in [3.05, 3.63) is 66.4 Å². The van der Waals surface area contributed by atoms with Crippen molar-refractivity contribution in [1.29, 1.82) is 0 Å². The zero-order chi connectivity index (χ0) is 36.5. The van der Waals surface area contributed by atoms with Crippen LogP contribution in [0.15, 0.2) is 55.3 Å². The number of fused-ring (bicyclic) bond motifs is 1. The van der Waals surface area contributed by atoms with Crippen LogP contribution in [0.25, 0.3) is 0 Å². The Labute approximate surface area is 284 Å². The first-order valence-corrected chi connectivity index (χ1v) is 15.5. The van der Waals surface area contributed by atoms with Crippen LogP contribution in [-0.2, 0) is 17.5 Å². The molecule has 0 spiro atoms. The molecule has 0 saturated carbocycles. The number of hydrogen-bond donors (Lipinski definition) is 2. The Bertz CT molecular complexity index is 1750. The Hall–Kier alpha value is -5.06. The summed E-state index contributed by atoms with van der Waals surface area (Å²) in [5, 5.41) is 5.82. The number of halogens is 6. The predicted octanol–water partition coefficient (Wildman–Crippen LogP) is 6.78. The highest BCUT2D eigenvalue weighted by Crippen LogP contribution is 2.42. The third-order valence-corrected chi connectivity index (χ3v) is 8.48. The molecule has 2 atom stereocenters. The average Bonchev–Trinajstić information content (AvgIpc) is 3.51. The predicted molar refractivity (Wildman–Crippen MR) is 176 cm³/mol. The number of ether oxygens (including phenoxy) is 1. The number of hydrogen-bond acceptors (Lipinski definition) is 8. The molecule has 3 heterocycles. The summed E-state index contributed by atoms with van der Waals surface area (Å²) in [6.45, 7) is 6.19. The monoisotopic (exact) mass is 706 g/mol. The summed E-state index contributed by atoms with van der Waals surface area (Å²) in [4.78, 5) is 40.4. The minimum atomic E-state index is -4.79. The molecule has 0 radical (unpaired) electrons. The van der Waals surface area contributed by atoms with Gasteiger partial charge in [-0.25, -0.2) is 14.7 Å². The molecule has 268 valence electrons. The van der Waals surface area contributed by atoms with E-state index in [1.165, 1.54) is 13.3 Å². The Morgan fingerprint density at radius 2 is 1.84 bits per heavy atom. The van der Waals surface area contributed by atoms with Crippen LogP contribution >= 0.6 is 0 Å². The summed E-state index contributed by atoms with van der Waals surface area (Å²) in [7, 11) is 5.45. The van der Waals surface area contributed by atoms with Gasteiger partial charge in [0, 0.05) is 37.5 Å². The molecule has 2 aliphatic rings. The molecule has 5 rings (SSSR count). The van der Waals surface area contributed by atoms with Gasteiger partial charge >= 0.3 is 18.4 Å². The van der Waals surface area contributed by atoms with Gasteiger partial charge < -0.3 is 30.1 Å². The molecule has 1 unspecified atom stereocenters. The number of methoxy groups -OCH3 is 1. The van der Waals surface area contributed by atoms with E-state index < -0.39 is 42.4 Å². The number of carbonyl (C=O) groups is 2. The lowest BCUT2D eigenvalue weighted by atomic mass is 10.1. The fraction of sp³-hybridized carbons (Fsp3) is 0.394. The van der Waals surface area contributed by atoms with Crippen LogP contribution in [0.5, 0.6) is 5.75 Å². The van der Waals surface area contributed by atoms with Crippen LogP contribution < -0.4 is 25.2 Å². The van der Waals surface area contributed by atoms with Crippen molar-refractivity contribution in [3.8, 4) is 5.75 Å². The van der Waals surface area contributed by atoms with Gasteiger partial charge in [-0.15, -0.1) is 0 Å². The van der Waals surface area contributed by atoms with Crippen molar-refractivity contribution in [2.24, 2.45) is 5.92 Å². The molecule has 17 heteroatoms. The van der Waals surface area contributed by atoms with Gasteiger partial charge in [0.05, 0.1) is 42.0 Å². The maximum absolute atomic E-state index is 13.8. The van der Waals surface area contributed by atoms with Gasteiger partial charge in [-0.05, 0) is 69.8 Å². The molecular formula is C33H36F6N8O3. The van der Waals surface area contributed by atoms with Gasteiger partial charge in [0.15, 0.2) is 5.82 Å². The standard InChI is InChI=1S/C33H36F6N8O3/c1-6-28(48)41-24-13-25(27(50-5)14-26(24)45-12-11-20(17-45)16-44(3)4)42-30-40-15-21-18-46(19(2)32(34,35)36)31(49)47(29(21)43-30)23-9-7-22(8-10-23)33(37,38)39/h6-10,13-15,19-20H,1,11-12,16-18H2,2-5H3,(H,41,48)(H,40,42,43)/t19-,20?/m0/s1. The number of anilines is 6. The molecule has 2 N–H and O–H groups in total. The first-order chi connectivity index (χ1) is 23.5. The smallest absolute Gasteiger partial charge is 0.416 e. The topological polar surface area (TPSA) is 106 Å². The average molecular weight is 707 g/mol. The van der Waals surface area contributed by atoms with E-state index in [0.717, 1.165) is 68.2 Å². The Morgan fingerprint density at radius 1 is 1.14 bits per heavy atom. The minimum absolute atomic E-state index is 0.106. The van der Waals surface area contributed by atoms with E-state index in [1.54, 1.807) is 12.1 Å². The minimum Gasteiger partial charge on any atom is -0.494 e. The highest BCUT2D eigenvalue weighted by molar-refractivity contribution is 6.03. The van der Waals surface area contributed by atoms with Crippen LogP contribution in [0.2, 0.25) is 0 Å². The molecule has 0 aliphatic carbocycles. The SMILES string of the molecule is C=CC(=O)Nc1cc(Nc2ncc3c(n2)N(c2ccc(C(F)(F)F)cc2)C(=O)N([C@@H](C)C(F)(F)F)C3)c(OC)cc1N1CCC(CN(C)C)C1. The third kappa shape index (κ3) is 7.72. The quantitative estimate of drug-likeness (QED) is 0.176. The molecule has 3 aromatic rings. The number of nitrogens with one attached hydrogen (secondary N) is 2. The van der Waals surface area contributed by atoms with Crippen LogP contribution in [0.1, 0.15) is 24.5 Å². The van der Waals surface area contributed by atoms with Gasteiger partial charge in [0.2, 0.25) is 11.9 Å². The van der Waals surface area contributed by atoms with Gasteiger partial charge in [0.25, 0.3) is 0 Å². The Morgan fingerprint density at radius 3 is 2.44 bits per heavy atom. The first kappa shape index (κ1) is 36.2. The second-order valence-corrected chi connectivity index (χ2v) is 12.3. The third-order valence-electron chi connectivity index (χ3n) is 8.48. The summed E-state index contributed by atoms with van der Waals surface area (Å²) in [5.74, 6) is 0.0447. The van der Waals surface area contributed by atoms with E-state index in [1.807, 2.05) is 14.1 Å². The van der Waals surface area contributed by atoms with Crippen molar-refractivity contribution in [3.63, 3.8) is 0 Å². The van der Waals surface area contributed by atoms with Crippen molar-refractivity contribution in [1.82, 2.24) is 19.8 Å². The van der Waals surface area contributed by atoms with Crippen molar-refractivity contribution < 1.29 is 40.7 Å². The summed E-state index contributed by atoms with van der Waals surface area (Å²) in [6.07, 6.45) is -6.17. The molecule has 2 aliphatic heterocycles. The molecular weight excluding hydrogens is 670 g/mol.